The van der Waals surface area contributed by atoms with Gasteiger partial charge in [0.05, 0.1) is 18.1 Å². The van der Waals surface area contributed by atoms with E-state index in [9.17, 15) is 10.1 Å². The lowest BCUT2D eigenvalue weighted by Crippen LogP contribution is -2.47. The van der Waals surface area contributed by atoms with E-state index in [2.05, 4.69) is 13.0 Å². The lowest BCUT2D eigenvalue weighted by molar-refractivity contribution is -0.138. The molecule has 106 valence electrons. The minimum Gasteiger partial charge on any atom is -0.377 e. The van der Waals surface area contributed by atoms with Crippen LogP contribution in [-0.4, -0.2) is 47.6 Å². The van der Waals surface area contributed by atoms with E-state index in [1.165, 1.54) is 0 Å². The first-order chi connectivity index (χ1) is 9.15. The van der Waals surface area contributed by atoms with E-state index in [0.717, 1.165) is 25.7 Å². The fourth-order valence-corrected chi connectivity index (χ4v) is 3.70. The molecule has 0 aliphatic carbocycles. The maximum atomic E-state index is 12.5. The minimum atomic E-state index is -0.285. The predicted octanol–water partition coefficient (Wildman–Crippen LogP) is 2.05. The summed E-state index contributed by atoms with van der Waals surface area (Å²) in [6, 6.07) is 2.42. The Bertz CT molecular complexity index is 372. The lowest BCUT2D eigenvalue weighted by Gasteiger charge is -2.37. The van der Waals surface area contributed by atoms with E-state index in [1.807, 2.05) is 11.2 Å². The molecule has 0 aromatic carbocycles. The molecule has 2 heterocycles. The molecule has 2 rings (SSSR count). The number of piperidine rings is 1. The summed E-state index contributed by atoms with van der Waals surface area (Å²) < 4.78 is 5.32. The number of ether oxygens (including phenoxy) is 1. The number of nitrogens with zero attached hydrogens (tertiary/aromatic N) is 2. The standard InChI is InChI=1S/C14H22N2O2S/c1-3-12-11(4-9-18-12)13(17)16-7-5-14(10-15,19-2)6-8-16/h11-12H,3-9H2,1-2H3. The molecule has 2 atom stereocenters. The molecule has 2 fully saturated rings. The van der Waals surface area contributed by atoms with Gasteiger partial charge in [0.15, 0.2) is 0 Å². The van der Waals surface area contributed by atoms with Crippen molar-refractivity contribution in [1.82, 2.24) is 4.90 Å². The number of amides is 1. The van der Waals surface area contributed by atoms with Crippen molar-refractivity contribution in [2.45, 2.75) is 43.5 Å². The molecular weight excluding hydrogens is 260 g/mol. The average Bonchev–Trinajstić information content (AvgIpc) is 2.95. The van der Waals surface area contributed by atoms with Crippen molar-refractivity contribution in [2.75, 3.05) is 26.0 Å². The molecule has 2 aliphatic rings. The van der Waals surface area contributed by atoms with E-state index in [4.69, 9.17) is 4.74 Å². The Labute approximate surface area is 119 Å². The molecule has 0 saturated carbocycles. The number of nitriles is 1. The fraction of sp³-hybridized carbons (Fsp3) is 0.857. The Balaban J connectivity index is 1.94. The highest BCUT2D eigenvalue weighted by atomic mass is 32.2. The Hall–Kier alpha value is -0.730. The molecule has 0 N–H and O–H groups in total. The van der Waals surface area contributed by atoms with Gasteiger partial charge in [-0.05, 0) is 31.9 Å². The van der Waals surface area contributed by atoms with E-state index in [-0.39, 0.29) is 22.7 Å². The summed E-state index contributed by atoms with van der Waals surface area (Å²) in [6.45, 7) is 4.19. The van der Waals surface area contributed by atoms with Crippen molar-refractivity contribution < 1.29 is 9.53 Å². The van der Waals surface area contributed by atoms with Gasteiger partial charge in [0.2, 0.25) is 5.91 Å². The van der Waals surface area contributed by atoms with Crippen molar-refractivity contribution in [3.63, 3.8) is 0 Å². The molecule has 0 radical (unpaired) electrons. The summed E-state index contributed by atoms with van der Waals surface area (Å²) in [5, 5.41) is 9.26. The van der Waals surface area contributed by atoms with Crippen LogP contribution < -0.4 is 0 Å². The third-order valence-electron chi connectivity index (χ3n) is 4.41. The smallest absolute Gasteiger partial charge is 0.228 e. The van der Waals surface area contributed by atoms with E-state index in [1.54, 1.807) is 11.8 Å². The van der Waals surface area contributed by atoms with E-state index in [0.29, 0.717) is 19.7 Å². The minimum absolute atomic E-state index is 0.0360. The van der Waals surface area contributed by atoms with Crippen molar-refractivity contribution in [2.24, 2.45) is 5.92 Å². The number of carbonyl (C=O) groups excluding carboxylic acids is 1. The molecule has 4 nitrogen and oxygen atoms in total. The highest BCUT2D eigenvalue weighted by Gasteiger charge is 2.40. The van der Waals surface area contributed by atoms with Gasteiger partial charge in [0, 0.05) is 19.7 Å². The Kier molecular flexibility index (Phi) is 4.75. The van der Waals surface area contributed by atoms with Gasteiger partial charge in [-0.15, -0.1) is 11.8 Å². The molecule has 1 amide bonds. The second-order valence-corrected chi connectivity index (χ2v) is 6.54. The van der Waals surface area contributed by atoms with Crippen molar-refractivity contribution in [3.8, 4) is 6.07 Å². The SMILES string of the molecule is CCC1OCCC1C(=O)N1CCC(C#N)(SC)CC1. The number of carbonyl (C=O) groups is 1. The van der Waals surface area contributed by atoms with Crippen LogP contribution in [0.3, 0.4) is 0 Å². The summed E-state index contributed by atoms with van der Waals surface area (Å²) in [5.74, 6) is 0.269. The van der Waals surface area contributed by atoms with Gasteiger partial charge < -0.3 is 9.64 Å². The number of thioether (sulfide) groups is 1. The first-order valence-electron chi connectivity index (χ1n) is 7.02. The van der Waals surface area contributed by atoms with Gasteiger partial charge in [-0.1, -0.05) is 6.92 Å². The molecule has 5 heteroatoms. The van der Waals surface area contributed by atoms with Gasteiger partial charge in [-0.2, -0.15) is 5.26 Å². The Morgan fingerprint density at radius 2 is 2.21 bits per heavy atom. The third kappa shape index (κ3) is 2.90. The molecule has 2 saturated heterocycles. The zero-order chi connectivity index (χ0) is 13.9. The first kappa shape index (κ1) is 14.7. The zero-order valence-electron chi connectivity index (χ0n) is 11.7. The van der Waals surface area contributed by atoms with Crippen LogP contribution >= 0.6 is 11.8 Å². The summed E-state index contributed by atoms with van der Waals surface area (Å²) >= 11 is 1.62. The molecule has 2 aliphatic heterocycles. The van der Waals surface area contributed by atoms with Crippen LogP contribution in [0.15, 0.2) is 0 Å². The van der Waals surface area contributed by atoms with Crippen LogP contribution in [0.2, 0.25) is 0 Å². The summed E-state index contributed by atoms with van der Waals surface area (Å²) in [7, 11) is 0. The van der Waals surface area contributed by atoms with Crippen molar-refractivity contribution >= 4 is 17.7 Å². The summed E-state index contributed by atoms with van der Waals surface area (Å²) in [6.07, 6.45) is 5.38. The quantitative estimate of drug-likeness (QED) is 0.795. The van der Waals surface area contributed by atoms with Crippen LogP contribution in [0.1, 0.15) is 32.6 Å². The second kappa shape index (κ2) is 6.15. The number of hydrogen-bond acceptors (Lipinski definition) is 4. The summed E-state index contributed by atoms with van der Waals surface area (Å²) in [4.78, 5) is 14.5. The molecular formula is C14H22N2O2S. The van der Waals surface area contributed by atoms with Crippen LogP contribution in [0.4, 0.5) is 0 Å². The monoisotopic (exact) mass is 282 g/mol. The van der Waals surface area contributed by atoms with Gasteiger partial charge in [-0.25, -0.2) is 0 Å². The van der Waals surface area contributed by atoms with Gasteiger partial charge >= 0.3 is 0 Å². The van der Waals surface area contributed by atoms with E-state index >= 15 is 0 Å². The average molecular weight is 282 g/mol. The zero-order valence-corrected chi connectivity index (χ0v) is 12.5. The largest absolute Gasteiger partial charge is 0.377 e. The van der Waals surface area contributed by atoms with Gasteiger partial charge in [-0.3, -0.25) is 4.79 Å². The maximum Gasteiger partial charge on any atom is 0.228 e. The highest BCUT2D eigenvalue weighted by Crippen LogP contribution is 2.35. The Morgan fingerprint density at radius 1 is 1.53 bits per heavy atom. The topological polar surface area (TPSA) is 53.3 Å². The Morgan fingerprint density at radius 3 is 2.74 bits per heavy atom. The molecule has 0 bridgehead atoms. The fourth-order valence-electron chi connectivity index (χ4n) is 3.02. The maximum absolute atomic E-state index is 12.5. The second-order valence-electron chi connectivity index (χ2n) is 5.35. The number of hydrogen-bond donors (Lipinski definition) is 0. The van der Waals surface area contributed by atoms with Gasteiger partial charge in [0.1, 0.15) is 4.75 Å². The third-order valence-corrected chi connectivity index (χ3v) is 5.69. The van der Waals surface area contributed by atoms with Crippen LogP contribution in [0.5, 0.6) is 0 Å². The normalized spacial score (nSPS) is 30.1. The number of rotatable bonds is 3. The predicted molar refractivity (Wildman–Crippen MR) is 75.8 cm³/mol. The first-order valence-corrected chi connectivity index (χ1v) is 8.25. The lowest BCUT2D eigenvalue weighted by atomic mass is 9.93. The molecule has 2 unspecified atom stereocenters. The molecule has 0 spiro atoms. The van der Waals surface area contributed by atoms with Crippen LogP contribution in [0, 0.1) is 17.2 Å². The van der Waals surface area contributed by atoms with Crippen molar-refractivity contribution in [3.05, 3.63) is 0 Å². The van der Waals surface area contributed by atoms with Crippen LogP contribution in [0.25, 0.3) is 0 Å². The van der Waals surface area contributed by atoms with Crippen LogP contribution in [-0.2, 0) is 9.53 Å². The molecule has 19 heavy (non-hydrogen) atoms. The van der Waals surface area contributed by atoms with Gasteiger partial charge in [0.25, 0.3) is 0 Å². The highest BCUT2D eigenvalue weighted by molar-refractivity contribution is 8.00. The number of likely N-dealkylation sites (tertiary alicyclic amines) is 1. The molecule has 0 aromatic rings. The van der Waals surface area contributed by atoms with Crippen molar-refractivity contribution in [1.29, 1.82) is 5.26 Å². The molecule has 0 aromatic heterocycles. The van der Waals surface area contributed by atoms with E-state index < -0.39 is 0 Å². The summed E-state index contributed by atoms with van der Waals surface area (Å²) in [5.41, 5.74) is 0.